The van der Waals surface area contributed by atoms with E-state index in [2.05, 4.69) is 20.4 Å². The van der Waals surface area contributed by atoms with Crippen molar-refractivity contribution >= 4 is 0 Å². The van der Waals surface area contributed by atoms with Crippen LogP contribution in [0.25, 0.3) is 0 Å². The van der Waals surface area contributed by atoms with Crippen molar-refractivity contribution < 1.29 is 9.47 Å². The molecule has 0 aromatic heterocycles. The molecule has 5 atom stereocenters. The molecular weight excluding hydrogens is 260 g/mol. The van der Waals surface area contributed by atoms with E-state index in [0.29, 0.717) is 22.9 Å². The molecule has 1 heterocycles. The summed E-state index contributed by atoms with van der Waals surface area (Å²) in [4.78, 5) is 0. The van der Waals surface area contributed by atoms with Crippen molar-refractivity contribution in [1.29, 1.82) is 0 Å². The number of hydrogen-bond acceptors (Lipinski definition) is 2. The van der Waals surface area contributed by atoms with Crippen LogP contribution in [0.3, 0.4) is 0 Å². The summed E-state index contributed by atoms with van der Waals surface area (Å²) in [5.74, 6) is 1.42. The molecular formula is C19H30O2. The number of allylic oxidation sites excluding steroid dienone is 1. The Bertz CT molecular complexity index is 468. The first-order valence-electron chi connectivity index (χ1n) is 8.80. The van der Waals surface area contributed by atoms with Gasteiger partial charge in [-0.15, -0.1) is 0 Å². The summed E-state index contributed by atoms with van der Waals surface area (Å²) in [7, 11) is 1.88. The molecule has 2 heteroatoms. The molecule has 0 N–H and O–H groups in total. The molecule has 0 aromatic carbocycles. The average Bonchev–Trinajstić information content (AvgIpc) is 3.10. The van der Waals surface area contributed by atoms with Crippen LogP contribution in [0, 0.1) is 22.7 Å². The molecule has 4 fully saturated rings. The normalized spacial score (nSPS) is 50.8. The lowest BCUT2D eigenvalue weighted by Crippen LogP contribution is -2.63. The number of methoxy groups -OCH3 is 1. The second-order valence-electron chi connectivity index (χ2n) is 8.78. The van der Waals surface area contributed by atoms with Gasteiger partial charge in [-0.05, 0) is 55.8 Å². The number of hydrogen-bond donors (Lipinski definition) is 0. The highest BCUT2D eigenvalue weighted by Crippen LogP contribution is 2.71. The Hall–Kier alpha value is -0.340. The molecule has 4 rings (SSSR count). The quantitative estimate of drug-likeness (QED) is 0.557. The van der Waals surface area contributed by atoms with Crippen LogP contribution in [-0.2, 0) is 9.47 Å². The average molecular weight is 290 g/mol. The van der Waals surface area contributed by atoms with Gasteiger partial charge in [0.1, 0.15) is 0 Å². The molecule has 21 heavy (non-hydrogen) atoms. The van der Waals surface area contributed by atoms with E-state index >= 15 is 0 Å². The first kappa shape index (κ1) is 14.3. The van der Waals surface area contributed by atoms with Crippen LogP contribution in [-0.4, -0.2) is 25.4 Å². The molecule has 0 radical (unpaired) electrons. The number of ether oxygens (including phenoxy) is 2. The SMILES string of the molecule is C=C1CCC2OC23CCCC(C3)C2(COC)C1CC2(C)C. The fourth-order valence-electron chi connectivity index (χ4n) is 6.39. The number of rotatable bonds is 2. The van der Waals surface area contributed by atoms with Crippen LogP contribution in [0.2, 0.25) is 0 Å². The van der Waals surface area contributed by atoms with Crippen molar-refractivity contribution in [3.63, 3.8) is 0 Å². The number of fused-ring (bicyclic) bond motifs is 3. The molecule has 3 saturated carbocycles. The highest BCUT2D eigenvalue weighted by Gasteiger charge is 2.69. The predicted molar refractivity (Wildman–Crippen MR) is 84.1 cm³/mol. The Kier molecular flexibility index (Phi) is 2.96. The van der Waals surface area contributed by atoms with Crippen molar-refractivity contribution in [2.24, 2.45) is 22.7 Å². The van der Waals surface area contributed by atoms with Gasteiger partial charge in [0.25, 0.3) is 0 Å². The fraction of sp³-hybridized carbons (Fsp3) is 0.895. The van der Waals surface area contributed by atoms with E-state index in [0.717, 1.165) is 18.9 Å². The van der Waals surface area contributed by atoms with Gasteiger partial charge in [0.05, 0.1) is 18.3 Å². The fourth-order valence-corrected chi connectivity index (χ4v) is 6.39. The third-order valence-electron chi connectivity index (χ3n) is 7.58. The maximum Gasteiger partial charge on any atom is 0.0951 e. The van der Waals surface area contributed by atoms with Crippen molar-refractivity contribution in [3.8, 4) is 0 Å². The van der Waals surface area contributed by atoms with Gasteiger partial charge < -0.3 is 9.47 Å². The summed E-state index contributed by atoms with van der Waals surface area (Å²) in [5.41, 5.74) is 2.39. The summed E-state index contributed by atoms with van der Waals surface area (Å²) < 4.78 is 12.0. The zero-order valence-electron chi connectivity index (χ0n) is 13.9. The van der Waals surface area contributed by atoms with Gasteiger partial charge in [0, 0.05) is 12.5 Å². The van der Waals surface area contributed by atoms with Crippen molar-refractivity contribution in [3.05, 3.63) is 12.2 Å². The first-order chi connectivity index (χ1) is 9.95. The third kappa shape index (κ3) is 1.72. The topological polar surface area (TPSA) is 21.8 Å². The molecule has 1 spiro atoms. The predicted octanol–water partition coefficient (Wildman–Crippen LogP) is 4.34. The summed E-state index contributed by atoms with van der Waals surface area (Å²) in [6, 6.07) is 0. The molecule has 3 aliphatic carbocycles. The minimum absolute atomic E-state index is 0.241. The summed E-state index contributed by atoms with van der Waals surface area (Å²) in [6.45, 7) is 10.3. The van der Waals surface area contributed by atoms with Gasteiger partial charge in [-0.3, -0.25) is 0 Å². The monoisotopic (exact) mass is 290 g/mol. The van der Waals surface area contributed by atoms with Crippen molar-refractivity contribution in [2.45, 2.75) is 70.5 Å². The van der Waals surface area contributed by atoms with Gasteiger partial charge in [-0.1, -0.05) is 32.4 Å². The molecule has 2 bridgehead atoms. The van der Waals surface area contributed by atoms with Crippen LogP contribution in [0.15, 0.2) is 12.2 Å². The Balaban J connectivity index is 1.76. The maximum absolute atomic E-state index is 6.22. The Labute approximate surface area is 129 Å². The summed E-state index contributed by atoms with van der Waals surface area (Å²) in [6.07, 6.45) is 9.43. The molecule has 1 saturated heterocycles. The maximum atomic E-state index is 6.22. The molecule has 5 unspecified atom stereocenters. The molecule has 1 aliphatic heterocycles. The molecule has 2 nitrogen and oxygen atoms in total. The highest BCUT2D eigenvalue weighted by atomic mass is 16.6. The van der Waals surface area contributed by atoms with E-state index in [1.54, 1.807) is 0 Å². The summed E-state index contributed by atoms with van der Waals surface area (Å²) >= 11 is 0. The second-order valence-corrected chi connectivity index (χ2v) is 8.78. The Morgan fingerprint density at radius 1 is 1.29 bits per heavy atom. The van der Waals surface area contributed by atoms with Crippen LogP contribution in [0.4, 0.5) is 0 Å². The van der Waals surface area contributed by atoms with E-state index < -0.39 is 0 Å². The zero-order valence-corrected chi connectivity index (χ0v) is 13.9. The minimum Gasteiger partial charge on any atom is -0.384 e. The standard InChI is InChI=1S/C19H30O2/c1-13-7-8-16-18(21-16)9-5-6-14(10-18)19(12-20-4)15(13)11-17(19,2)3/h14-16H,1,5-12H2,2-4H3. The Morgan fingerprint density at radius 3 is 2.81 bits per heavy atom. The van der Waals surface area contributed by atoms with Crippen LogP contribution in [0.5, 0.6) is 0 Å². The van der Waals surface area contributed by atoms with Crippen LogP contribution >= 0.6 is 0 Å². The zero-order chi connectivity index (χ0) is 14.9. The van der Waals surface area contributed by atoms with E-state index in [1.165, 1.54) is 44.1 Å². The van der Waals surface area contributed by atoms with Crippen molar-refractivity contribution in [1.82, 2.24) is 0 Å². The van der Waals surface area contributed by atoms with E-state index in [4.69, 9.17) is 9.47 Å². The van der Waals surface area contributed by atoms with Gasteiger partial charge >= 0.3 is 0 Å². The summed E-state index contributed by atoms with van der Waals surface area (Å²) in [5, 5.41) is 0. The lowest BCUT2D eigenvalue weighted by Gasteiger charge is -2.66. The van der Waals surface area contributed by atoms with Gasteiger partial charge in [0.2, 0.25) is 0 Å². The smallest absolute Gasteiger partial charge is 0.0951 e. The second kappa shape index (κ2) is 4.35. The minimum atomic E-state index is 0.241. The molecule has 4 aliphatic rings. The largest absolute Gasteiger partial charge is 0.384 e. The highest BCUT2D eigenvalue weighted by molar-refractivity contribution is 5.25. The van der Waals surface area contributed by atoms with Crippen LogP contribution < -0.4 is 0 Å². The van der Waals surface area contributed by atoms with Crippen molar-refractivity contribution in [2.75, 3.05) is 13.7 Å². The van der Waals surface area contributed by atoms with E-state index in [9.17, 15) is 0 Å². The van der Waals surface area contributed by atoms with Gasteiger partial charge in [-0.25, -0.2) is 0 Å². The molecule has 0 amide bonds. The lowest BCUT2D eigenvalue weighted by molar-refractivity contribution is -0.193. The lowest BCUT2D eigenvalue weighted by atomic mass is 9.38. The van der Waals surface area contributed by atoms with Crippen LogP contribution in [0.1, 0.15) is 58.8 Å². The van der Waals surface area contributed by atoms with E-state index in [1.807, 2.05) is 7.11 Å². The third-order valence-corrected chi connectivity index (χ3v) is 7.58. The molecule has 118 valence electrons. The number of epoxide rings is 1. The van der Waals surface area contributed by atoms with E-state index in [-0.39, 0.29) is 5.60 Å². The first-order valence-corrected chi connectivity index (χ1v) is 8.80. The molecule has 0 aromatic rings. The van der Waals surface area contributed by atoms with Gasteiger partial charge in [0.15, 0.2) is 0 Å². The Morgan fingerprint density at radius 2 is 2.10 bits per heavy atom. The van der Waals surface area contributed by atoms with Gasteiger partial charge in [-0.2, -0.15) is 0 Å².